The third-order valence-corrected chi connectivity index (χ3v) is 4.57. The fourth-order valence-corrected chi connectivity index (χ4v) is 3.68. The molecular weight excluding hydrogens is 242 g/mol. The third kappa shape index (κ3) is 1.62. The third-order valence-electron chi connectivity index (χ3n) is 4.57. The number of aryl methyl sites for hydroxylation is 1. The molecule has 0 fully saturated rings. The van der Waals surface area contributed by atoms with E-state index in [0.717, 1.165) is 0 Å². The van der Waals surface area contributed by atoms with Gasteiger partial charge in [0.05, 0.1) is 5.52 Å². The van der Waals surface area contributed by atoms with Gasteiger partial charge in [0.1, 0.15) is 0 Å². The molecule has 0 aliphatic heterocycles. The molecule has 0 bridgehead atoms. The van der Waals surface area contributed by atoms with Gasteiger partial charge in [-0.25, -0.2) is 0 Å². The molecule has 1 heterocycles. The van der Waals surface area contributed by atoms with E-state index in [2.05, 4.69) is 66.1 Å². The summed E-state index contributed by atoms with van der Waals surface area (Å²) in [5.41, 5.74) is 5.75. The quantitative estimate of drug-likeness (QED) is 0.576. The van der Waals surface area contributed by atoms with E-state index < -0.39 is 0 Å². The largest absolute Gasteiger partial charge is 0.313 e. The number of hydrogen-bond acceptors (Lipinski definition) is 0. The smallest absolute Gasteiger partial charge is 0.0534 e. The Hall–Kier alpha value is -2.02. The lowest BCUT2D eigenvalue weighted by Crippen LogP contribution is -2.10. The Kier molecular flexibility index (Phi) is 2.66. The van der Waals surface area contributed by atoms with Gasteiger partial charge in [0.25, 0.3) is 0 Å². The average Bonchev–Trinajstić information content (AvgIpc) is 2.84. The molecule has 3 aromatic rings. The van der Waals surface area contributed by atoms with Crippen LogP contribution in [-0.4, -0.2) is 4.57 Å². The van der Waals surface area contributed by atoms with Gasteiger partial charge in [-0.2, -0.15) is 0 Å². The van der Waals surface area contributed by atoms with E-state index in [1.807, 2.05) is 0 Å². The first-order valence-electron chi connectivity index (χ1n) is 7.54. The summed E-state index contributed by atoms with van der Waals surface area (Å²) < 4.78 is 2.48. The van der Waals surface area contributed by atoms with Crippen LogP contribution in [0.5, 0.6) is 0 Å². The van der Waals surface area contributed by atoms with E-state index in [1.54, 1.807) is 5.56 Å². The van der Waals surface area contributed by atoms with E-state index in [1.165, 1.54) is 41.5 Å². The summed E-state index contributed by atoms with van der Waals surface area (Å²) in [5, 5.41) is 1.44. The molecule has 1 aliphatic carbocycles. The zero-order chi connectivity index (χ0) is 13.5. The van der Waals surface area contributed by atoms with Gasteiger partial charge in [0, 0.05) is 16.8 Å². The average molecular weight is 261 g/mol. The van der Waals surface area contributed by atoms with Gasteiger partial charge in [-0.15, -0.1) is 0 Å². The Labute approximate surface area is 119 Å². The number of fused-ring (bicyclic) bond motifs is 3. The summed E-state index contributed by atoms with van der Waals surface area (Å²) in [6, 6.07) is 19.6. The lowest BCUT2D eigenvalue weighted by molar-refractivity contribution is 0.571. The Morgan fingerprint density at radius 2 is 1.70 bits per heavy atom. The van der Waals surface area contributed by atoms with Crippen LogP contribution in [0.15, 0.2) is 54.6 Å². The molecule has 1 unspecified atom stereocenters. The molecule has 4 rings (SSSR count). The molecule has 1 aliphatic rings. The maximum Gasteiger partial charge on any atom is 0.0534 e. The standard InChI is InChI=1S/C19H19N/c1-14-8-7-12-17-16-11-5-6-13-18(16)20(19(14)17)15-9-3-2-4-10-15/h2-6,9-11,13-14H,7-8,12H2,1H3. The van der Waals surface area contributed by atoms with Gasteiger partial charge in [-0.1, -0.05) is 43.3 Å². The molecule has 0 saturated heterocycles. The van der Waals surface area contributed by atoms with Crippen molar-refractivity contribution >= 4 is 10.9 Å². The van der Waals surface area contributed by atoms with Crippen LogP contribution in [0.25, 0.3) is 16.6 Å². The van der Waals surface area contributed by atoms with Gasteiger partial charge < -0.3 is 4.57 Å². The van der Waals surface area contributed by atoms with Crippen LogP contribution < -0.4 is 0 Å². The highest BCUT2D eigenvalue weighted by Gasteiger charge is 2.25. The SMILES string of the molecule is CC1CCCc2c1n(-c1ccccc1)c1ccccc21. The van der Waals surface area contributed by atoms with E-state index in [4.69, 9.17) is 0 Å². The minimum Gasteiger partial charge on any atom is -0.313 e. The Bertz CT molecular complexity index is 752. The lowest BCUT2D eigenvalue weighted by atomic mass is 9.88. The fraction of sp³-hybridized carbons (Fsp3) is 0.263. The van der Waals surface area contributed by atoms with Crippen molar-refractivity contribution < 1.29 is 0 Å². The molecule has 100 valence electrons. The second kappa shape index (κ2) is 4.52. The molecule has 1 atom stereocenters. The highest BCUT2D eigenvalue weighted by Crippen LogP contribution is 2.39. The van der Waals surface area contributed by atoms with Crippen LogP contribution >= 0.6 is 0 Å². The Balaban J connectivity index is 2.11. The summed E-state index contributed by atoms with van der Waals surface area (Å²) in [5.74, 6) is 0.645. The second-order valence-electron chi connectivity index (χ2n) is 5.85. The minimum atomic E-state index is 0.645. The number of benzene rings is 2. The first kappa shape index (κ1) is 11.8. The number of para-hydroxylation sites is 2. The second-order valence-corrected chi connectivity index (χ2v) is 5.85. The van der Waals surface area contributed by atoms with Crippen molar-refractivity contribution in [2.75, 3.05) is 0 Å². The maximum atomic E-state index is 2.48. The molecule has 0 amide bonds. The number of rotatable bonds is 1. The molecule has 1 heteroatoms. The molecule has 1 aromatic heterocycles. The van der Waals surface area contributed by atoms with Crippen molar-refractivity contribution in [1.82, 2.24) is 4.57 Å². The van der Waals surface area contributed by atoms with Crippen molar-refractivity contribution in [3.63, 3.8) is 0 Å². The zero-order valence-electron chi connectivity index (χ0n) is 11.8. The van der Waals surface area contributed by atoms with Crippen molar-refractivity contribution in [2.45, 2.75) is 32.1 Å². The van der Waals surface area contributed by atoms with Gasteiger partial charge >= 0.3 is 0 Å². The van der Waals surface area contributed by atoms with Crippen LogP contribution in [0.3, 0.4) is 0 Å². The number of aromatic nitrogens is 1. The molecule has 2 aromatic carbocycles. The van der Waals surface area contributed by atoms with Gasteiger partial charge in [0.2, 0.25) is 0 Å². The van der Waals surface area contributed by atoms with Gasteiger partial charge in [-0.3, -0.25) is 0 Å². The van der Waals surface area contributed by atoms with Crippen LogP contribution in [-0.2, 0) is 6.42 Å². The Morgan fingerprint density at radius 3 is 2.55 bits per heavy atom. The lowest BCUT2D eigenvalue weighted by Gasteiger charge is -2.22. The highest BCUT2D eigenvalue weighted by molar-refractivity contribution is 5.87. The Morgan fingerprint density at radius 1 is 0.950 bits per heavy atom. The predicted molar refractivity (Wildman–Crippen MR) is 84.6 cm³/mol. The number of hydrogen-bond donors (Lipinski definition) is 0. The normalized spacial score (nSPS) is 18.1. The van der Waals surface area contributed by atoms with E-state index in [9.17, 15) is 0 Å². The summed E-state index contributed by atoms with van der Waals surface area (Å²) in [6.07, 6.45) is 3.84. The topological polar surface area (TPSA) is 4.93 Å². The maximum absolute atomic E-state index is 2.48. The monoisotopic (exact) mass is 261 g/mol. The van der Waals surface area contributed by atoms with Crippen molar-refractivity contribution in [2.24, 2.45) is 0 Å². The van der Waals surface area contributed by atoms with Crippen molar-refractivity contribution in [1.29, 1.82) is 0 Å². The van der Waals surface area contributed by atoms with Gasteiger partial charge in [-0.05, 0) is 48.9 Å². The summed E-state index contributed by atoms with van der Waals surface area (Å²) >= 11 is 0. The first-order chi connectivity index (χ1) is 9.86. The van der Waals surface area contributed by atoms with Crippen LogP contribution in [0.1, 0.15) is 36.9 Å². The first-order valence-corrected chi connectivity index (χ1v) is 7.54. The summed E-state index contributed by atoms with van der Waals surface area (Å²) in [7, 11) is 0. The number of nitrogens with zero attached hydrogens (tertiary/aromatic N) is 1. The van der Waals surface area contributed by atoms with Crippen molar-refractivity contribution in [3.8, 4) is 5.69 Å². The van der Waals surface area contributed by atoms with Crippen LogP contribution in [0.2, 0.25) is 0 Å². The molecule has 1 nitrogen and oxygen atoms in total. The van der Waals surface area contributed by atoms with Gasteiger partial charge in [0.15, 0.2) is 0 Å². The molecule has 0 spiro atoms. The summed E-state index contributed by atoms with van der Waals surface area (Å²) in [4.78, 5) is 0. The highest BCUT2D eigenvalue weighted by atomic mass is 15.0. The van der Waals surface area contributed by atoms with Crippen molar-refractivity contribution in [3.05, 3.63) is 65.9 Å². The van der Waals surface area contributed by atoms with E-state index in [0.29, 0.717) is 5.92 Å². The van der Waals surface area contributed by atoms with E-state index >= 15 is 0 Å². The zero-order valence-corrected chi connectivity index (χ0v) is 11.8. The molecule has 0 saturated carbocycles. The minimum absolute atomic E-state index is 0.645. The van der Waals surface area contributed by atoms with Crippen LogP contribution in [0, 0.1) is 0 Å². The van der Waals surface area contributed by atoms with Crippen LogP contribution in [0.4, 0.5) is 0 Å². The molecular formula is C19H19N. The predicted octanol–water partition coefficient (Wildman–Crippen LogP) is 5.07. The van der Waals surface area contributed by atoms with E-state index in [-0.39, 0.29) is 0 Å². The molecule has 0 N–H and O–H groups in total. The fourth-order valence-electron chi connectivity index (χ4n) is 3.68. The summed E-state index contributed by atoms with van der Waals surface area (Å²) in [6.45, 7) is 2.37. The molecule has 20 heavy (non-hydrogen) atoms. The molecule has 0 radical (unpaired) electrons.